The van der Waals surface area contributed by atoms with Gasteiger partial charge in [0.1, 0.15) is 5.60 Å². The van der Waals surface area contributed by atoms with Crippen LogP contribution in [0.3, 0.4) is 0 Å². The van der Waals surface area contributed by atoms with Gasteiger partial charge in [-0.05, 0) is 52.9 Å². The highest BCUT2D eigenvalue weighted by molar-refractivity contribution is 5.69. The van der Waals surface area contributed by atoms with E-state index in [2.05, 4.69) is 0 Å². The number of aliphatic hydroxyl groups is 1. The van der Waals surface area contributed by atoms with E-state index in [4.69, 9.17) is 4.74 Å². The van der Waals surface area contributed by atoms with Gasteiger partial charge in [-0.25, -0.2) is 4.79 Å². The number of carbonyl (C=O) groups is 1. The molecule has 19 heavy (non-hydrogen) atoms. The standard InChI is InChI=1S/C15H27NO3/c1-14(2,3)19-13(18)16-11-7-6-10-15(16)9-5-4-8-12(15)17/h12,17H,4-11H2,1-3H3. The fourth-order valence-electron chi connectivity index (χ4n) is 3.46. The van der Waals surface area contributed by atoms with Crippen molar-refractivity contribution in [1.82, 2.24) is 4.90 Å². The van der Waals surface area contributed by atoms with E-state index in [0.29, 0.717) is 6.54 Å². The number of hydrogen-bond donors (Lipinski definition) is 1. The summed E-state index contributed by atoms with van der Waals surface area (Å²) in [7, 11) is 0. The van der Waals surface area contributed by atoms with E-state index in [1.165, 1.54) is 0 Å². The second-order valence-corrected chi connectivity index (χ2v) is 6.95. The van der Waals surface area contributed by atoms with Crippen molar-refractivity contribution in [3.63, 3.8) is 0 Å². The minimum atomic E-state index is -0.477. The molecule has 0 radical (unpaired) electrons. The molecule has 0 aromatic rings. The smallest absolute Gasteiger partial charge is 0.410 e. The first-order valence-electron chi connectivity index (χ1n) is 7.54. The molecule has 2 unspecified atom stereocenters. The summed E-state index contributed by atoms with van der Waals surface area (Å²) in [6.07, 6.45) is 6.23. The molecule has 1 aliphatic heterocycles. The van der Waals surface area contributed by atoms with Gasteiger partial charge in [-0.2, -0.15) is 0 Å². The third kappa shape index (κ3) is 3.04. The minimum absolute atomic E-state index is 0.256. The van der Waals surface area contributed by atoms with Gasteiger partial charge in [0.2, 0.25) is 0 Å². The molecule has 0 aromatic carbocycles. The number of likely N-dealkylation sites (tertiary alicyclic amines) is 1. The van der Waals surface area contributed by atoms with Crippen molar-refractivity contribution in [1.29, 1.82) is 0 Å². The maximum absolute atomic E-state index is 12.4. The summed E-state index contributed by atoms with van der Waals surface area (Å²) in [6.45, 7) is 6.38. The third-order valence-corrected chi connectivity index (χ3v) is 4.35. The molecule has 1 N–H and O–H groups in total. The maximum Gasteiger partial charge on any atom is 0.410 e. The van der Waals surface area contributed by atoms with E-state index >= 15 is 0 Å². The van der Waals surface area contributed by atoms with Gasteiger partial charge in [-0.1, -0.05) is 12.8 Å². The van der Waals surface area contributed by atoms with Gasteiger partial charge in [-0.15, -0.1) is 0 Å². The van der Waals surface area contributed by atoms with Crippen LogP contribution in [-0.4, -0.2) is 39.9 Å². The van der Waals surface area contributed by atoms with Crippen LogP contribution in [0, 0.1) is 0 Å². The zero-order valence-corrected chi connectivity index (χ0v) is 12.4. The van der Waals surface area contributed by atoms with Gasteiger partial charge in [0.15, 0.2) is 0 Å². The first-order chi connectivity index (χ1) is 8.85. The van der Waals surface area contributed by atoms with E-state index in [9.17, 15) is 9.90 Å². The van der Waals surface area contributed by atoms with Crippen molar-refractivity contribution in [2.75, 3.05) is 6.54 Å². The van der Waals surface area contributed by atoms with Crippen LogP contribution in [0.2, 0.25) is 0 Å². The van der Waals surface area contributed by atoms with E-state index in [1.807, 2.05) is 25.7 Å². The first kappa shape index (κ1) is 14.6. The normalized spacial score (nSPS) is 32.4. The van der Waals surface area contributed by atoms with Gasteiger partial charge in [0.05, 0.1) is 11.6 Å². The number of hydrogen-bond acceptors (Lipinski definition) is 3. The summed E-state index contributed by atoms with van der Waals surface area (Å²) < 4.78 is 5.53. The highest BCUT2D eigenvalue weighted by Gasteiger charge is 2.49. The van der Waals surface area contributed by atoms with E-state index in [0.717, 1.165) is 44.9 Å². The Balaban J connectivity index is 2.17. The third-order valence-electron chi connectivity index (χ3n) is 4.35. The SMILES string of the molecule is CC(C)(C)OC(=O)N1CCCCC12CCCCC2O. The number of ether oxygens (including phenoxy) is 1. The molecule has 4 nitrogen and oxygen atoms in total. The molecule has 4 heteroatoms. The molecule has 1 amide bonds. The second kappa shape index (κ2) is 5.31. The van der Waals surface area contributed by atoms with Crippen molar-refractivity contribution in [2.45, 2.75) is 83.0 Å². The monoisotopic (exact) mass is 269 g/mol. The molecule has 110 valence electrons. The molecule has 1 spiro atoms. The van der Waals surface area contributed by atoms with Crippen molar-refractivity contribution in [3.05, 3.63) is 0 Å². The zero-order valence-electron chi connectivity index (χ0n) is 12.4. The number of aliphatic hydroxyl groups excluding tert-OH is 1. The van der Waals surface area contributed by atoms with Gasteiger partial charge in [0.25, 0.3) is 0 Å². The minimum Gasteiger partial charge on any atom is -0.444 e. The first-order valence-corrected chi connectivity index (χ1v) is 7.54. The Hall–Kier alpha value is -0.770. The predicted octanol–water partition coefficient (Wildman–Crippen LogP) is 3.08. The van der Waals surface area contributed by atoms with Crippen molar-refractivity contribution in [2.24, 2.45) is 0 Å². The molecule has 2 fully saturated rings. The second-order valence-electron chi connectivity index (χ2n) is 6.95. The van der Waals surface area contributed by atoms with Crippen molar-refractivity contribution in [3.8, 4) is 0 Å². The molecule has 1 heterocycles. The Bertz CT molecular complexity index is 331. The van der Waals surface area contributed by atoms with Gasteiger partial charge in [0, 0.05) is 6.54 Å². The summed E-state index contributed by atoms with van der Waals surface area (Å²) in [5, 5.41) is 10.5. The van der Waals surface area contributed by atoms with Crippen LogP contribution in [0.25, 0.3) is 0 Å². The Labute approximate surface area is 116 Å². The lowest BCUT2D eigenvalue weighted by Crippen LogP contribution is -2.62. The number of rotatable bonds is 0. The van der Waals surface area contributed by atoms with Gasteiger partial charge < -0.3 is 9.84 Å². The summed E-state index contributed by atoms with van der Waals surface area (Å²) in [5.41, 5.74) is -0.839. The highest BCUT2D eigenvalue weighted by Crippen LogP contribution is 2.41. The molecule has 2 atom stereocenters. The summed E-state index contributed by atoms with van der Waals surface area (Å²) in [6, 6.07) is 0. The lowest BCUT2D eigenvalue weighted by molar-refractivity contribution is -0.0842. The van der Waals surface area contributed by atoms with Gasteiger partial charge in [-0.3, -0.25) is 4.90 Å². The van der Waals surface area contributed by atoms with E-state index < -0.39 is 11.7 Å². The van der Waals surface area contributed by atoms with Crippen LogP contribution < -0.4 is 0 Å². The molecule has 2 rings (SSSR count). The van der Waals surface area contributed by atoms with Crippen LogP contribution in [0.15, 0.2) is 0 Å². The fourth-order valence-corrected chi connectivity index (χ4v) is 3.46. The molecule has 0 aromatic heterocycles. The predicted molar refractivity (Wildman–Crippen MR) is 74.0 cm³/mol. The van der Waals surface area contributed by atoms with Crippen molar-refractivity contribution >= 4 is 6.09 Å². The molecule has 1 saturated heterocycles. The Morgan fingerprint density at radius 3 is 2.47 bits per heavy atom. The molecule has 2 aliphatic rings. The Morgan fingerprint density at radius 2 is 1.84 bits per heavy atom. The summed E-state index contributed by atoms with van der Waals surface area (Å²) >= 11 is 0. The average molecular weight is 269 g/mol. The van der Waals surface area contributed by atoms with E-state index in [1.54, 1.807) is 0 Å². The molecule has 0 bridgehead atoms. The van der Waals surface area contributed by atoms with Crippen LogP contribution in [-0.2, 0) is 4.74 Å². The quantitative estimate of drug-likeness (QED) is 0.735. The van der Waals surface area contributed by atoms with Crippen LogP contribution in [0.5, 0.6) is 0 Å². The van der Waals surface area contributed by atoms with Crippen LogP contribution >= 0.6 is 0 Å². The maximum atomic E-state index is 12.4. The number of carbonyl (C=O) groups excluding carboxylic acids is 1. The molecular weight excluding hydrogens is 242 g/mol. The number of piperidine rings is 1. The van der Waals surface area contributed by atoms with Crippen LogP contribution in [0.1, 0.15) is 65.7 Å². The summed E-state index contributed by atoms with van der Waals surface area (Å²) in [5.74, 6) is 0. The largest absolute Gasteiger partial charge is 0.444 e. The van der Waals surface area contributed by atoms with Crippen LogP contribution in [0.4, 0.5) is 4.79 Å². The van der Waals surface area contributed by atoms with Crippen molar-refractivity contribution < 1.29 is 14.6 Å². The lowest BCUT2D eigenvalue weighted by Gasteiger charge is -2.51. The highest BCUT2D eigenvalue weighted by atomic mass is 16.6. The number of nitrogens with zero attached hydrogens (tertiary/aromatic N) is 1. The lowest BCUT2D eigenvalue weighted by atomic mass is 9.73. The van der Waals surface area contributed by atoms with E-state index in [-0.39, 0.29) is 11.6 Å². The Kier molecular flexibility index (Phi) is 4.09. The molecule has 1 saturated carbocycles. The fraction of sp³-hybridized carbons (Fsp3) is 0.933. The topological polar surface area (TPSA) is 49.8 Å². The zero-order chi connectivity index (χ0) is 14.1. The Morgan fingerprint density at radius 1 is 1.21 bits per heavy atom. The van der Waals surface area contributed by atoms with Gasteiger partial charge >= 0.3 is 6.09 Å². The average Bonchev–Trinajstić information content (AvgIpc) is 2.31. The summed E-state index contributed by atoms with van der Waals surface area (Å²) in [4.78, 5) is 14.3. The number of amides is 1. The molecular formula is C15H27NO3. The molecule has 1 aliphatic carbocycles.